The lowest BCUT2D eigenvalue weighted by molar-refractivity contribution is 0.0723. The fraction of sp³-hybridized carbons (Fsp3) is 0.250. The molecular formula is C16H16N2O2. The van der Waals surface area contributed by atoms with Gasteiger partial charge in [-0.1, -0.05) is 24.3 Å². The number of nitrogens with zero attached hydrogens (tertiary/aromatic N) is 2. The summed E-state index contributed by atoms with van der Waals surface area (Å²) in [6.07, 6.45) is 1.75. The number of benzene rings is 1. The van der Waals surface area contributed by atoms with Crippen molar-refractivity contribution in [2.45, 2.75) is 19.5 Å². The summed E-state index contributed by atoms with van der Waals surface area (Å²) in [6, 6.07) is 11.6. The van der Waals surface area contributed by atoms with Gasteiger partial charge in [0.1, 0.15) is 0 Å². The number of amides is 1. The molecule has 0 N–H and O–H groups in total. The van der Waals surface area contributed by atoms with Crippen LogP contribution in [0, 0.1) is 0 Å². The number of aromatic nitrogens is 1. The molecule has 0 radical (unpaired) electrons. The van der Waals surface area contributed by atoms with Crippen LogP contribution < -0.4 is 4.74 Å². The Kier molecular flexibility index (Phi) is 3.14. The second kappa shape index (κ2) is 4.96. The number of rotatable bonds is 3. The standard InChI is InChI=1S/C16H16N2O2/c1-11-13-5-3-4-6-14(13)16(19)18(11)10-12-7-8-15(20-2)17-9-12/h3-9,11H,10H2,1-2H3. The van der Waals surface area contributed by atoms with E-state index in [4.69, 9.17) is 4.74 Å². The Morgan fingerprint density at radius 1 is 1.25 bits per heavy atom. The monoisotopic (exact) mass is 268 g/mol. The molecule has 0 spiro atoms. The quantitative estimate of drug-likeness (QED) is 0.859. The van der Waals surface area contributed by atoms with Crippen molar-refractivity contribution in [1.29, 1.82) is 0 Å². The molecule has 0 aliphatic carbocycles. The molecule has 4 nitrogen and oxygen atoms in total. The van der Waals surface area contributed by atoms with Crippen LogP contribution in [-0.2, 0) is 6.54 Å². The van der Waals surface area contributed by atoms with E-state index in [-0.39, 0.29) is 11.9 Å². The molecule has 0 saturated heterocycles. The summed E-state index contributed by atoms with van der Waals surface area (Å²) in [5.74, 6) is 0.668. The smallest absolute Gasteiger partial charge is 0.255 e. The lowest BCUT2D eigenvalue weighted by atomic mass is 10.1. The largest absolute Gasteiger partial charge is 0.481 e. The molecule has 1 aromatic heterocycles. The minimum absolute atomic E-state index is 0.0870. The van der Waals surface area contributed by atoms with Crippen molar-refractivity contribution in [1.82, 2.24) is 9.88 Å². The highest BCUT2D eigenvalue weighted by Crippen LogP contribution is 2.34. The van der Waals surface area contributed by atoms with E-state index in [1.165, 1.54) is 0 Å². The number of methoxy groups -OCH3 is 1. The number of fused-ring (bicyclic) bond motifs is 1. The number of carbonyl (C=O) groups is 1. The third-order valence-corrected chi connectivity index (χ3v) is 3.73. The topological polar surface area (TPSA) is 42.4 Å². The lowest BCUT2D eigenvalue weighted by Gasteiger charge is -2.22. The average Bonchev–Trinajstić information content (AvgIpc) is 2.74. The molecule has 1 aliphatic rings. The highest BCUT2D eigenvalue weighted by atomic mass is 16.5. The fourth-order valence-corrected chi connectivity index (χ4v) is 2.59. The van der Waals surface area contributed by atoms with Crippen LogP contribution in [0.4, 0.5) is 0 Å². The zero-order valence-electron chi connectivity index (χ0n) is 11.5. The van der Waals surface area contributed by atoms with Gasteiger partial charge in [-0.15, -0.1) is 0 Å². The van der Waals surface area contributed by atoms with Gasteiger partial charge in [-0.2, -0.15) is 0 Å². The third kappa shape index (κ3) is 2.03. The molecule has 1 aromatic carbocycles. The van der Waals surface area contributed by atoms with Crippen LogP contribution in [0.25, 0.3) is 0 Å². The first-order valence-corrected chi connectivity index (χ1v) is 6.59. The summed E-state index contributed by atoms with van der Waals surface area (Å²) in [5.41, 5.74) is 2.90. The van der Waals surface area contributed by atoms with Gasteiger partial charge >= 0.3 is 0 Å². The molecule has 1 amide bonds. The van der Waals surface area contributed by atoms with Gasteiger partial charge in [0.15, 0.2) is 0 Å². The SMILES string of the molecule is COc1ccc(CN2C(=O)c3ccccc3C2C)cn1. The van der Waals surface area contributed by atoms with E-state index in [1.807, 2.05) is 41.3 Å². The van der Waals surface area contributed by atoms with Gasteiger partial charge in [0.05, 0.1) is 13.2 Å². The van der Waals surface area contributed by atoms with Crippen LogP contribution in [0.2, 0.25) is 0 Å². The molecule has 0 fully saturated rings. The van der Waals surface area contributed by atoms with Crippen molar-refractivity contribution in [3.05, 3.63) is 59.3 Å². The number of carbonyl (C=O) groups excluding carboxylic acids is 1. The summed E-state index contributed by atoms with van der Waals surface area (Å²) >= 11 is 0. The van der Waals surface area contributed by atoms with Crippen LogP contribution >= 0.6 is 0 Å². The van der Waals surface area contributed by atoms with Crippen LogP contribution in [0.1, 0.15) is 34.5 Å². The molecule has 2 aromatic rings. The van der Waals surface area contributed by atoms with E-state index in [9.17, 15) is 4.79 Å². The summed E-state index contributed by atoms with van der Waals surface area (Å²) < 4.78 is 5.04. The van der Waals surface area contributed by atoms with E-state index >= 15 is 0 Å². The summed E-state index contributed by atoms with van der Waals surface area (Å²) in [4.78, 5) is 18.5. The van der Waals surface area contributed by atoms with Gasteiger partial charge in [0, 0.05) is 24.4 Å². The molecule has 3 rings (SSSR count). The molecule has 0 saturated carbocycles. The van der Waals surface area contributed by atoms with E-state index in [0.29, 0.717) is 12.4 Å². The summed E-state index contributed by atoms with van der Waals surface area (Å²) in [6.45, 7) is 2.62. The Morgan fingerprint density at radius 3 is 2.70 bits per heavy atom. The zero-order valence-corrected chi connectivity index (χ0v) is 11.5. The van der Waals surface area contributed by atoms with Gasteiger partial charge in [0.2, 0.25) is 5.88 Å². The molecule has 2 heterocycles. The second-order valence-electron chi connectivity index (χ2n) is 4.91. The second-order valence-corrected chi connectivity index (χ2v) is 4.91. The number of hydrogen-bond acceptors (Lipinski definition) is 3. The third-order valence-electron chi connectivity index (χ3n) is 3.73. The fourth-order valence-electron chi connectivity index (χ4n) is 2.59. The lowest BCUT2D eigenvalue weighted by Crippen LogP contribution is -2.26. The highest BCUT2D eigenvalue weighted by Gasteiger charge is 2.33. The number of ether oxygens (including phenoxy) is 1. The maximum atomic E-state index is 12.4. The van der Waals surface area contributed by atoms with Crippen LogP contribution in [-0.4, -0.2) is 22.9 Å². The highest BCUT2D eigenvalue weighted by molar-refractivity contribution is 5.99. The molecule has 1 aliphatic heterocycles. The summed E-state index contributed by atoms with van der Waals surface area (Å²) in [7, 11) is 1.59. The Balaban J connectivity index is 1.83. The minimum Gasteiger partial charge on any atom is -0.481 e. The average molecular weight is 268 g/mol. The van der Waals surface area contributed by atoms with E-state index in [1.54, 1.807) is 13.3 Å². The van der Waals surface area contributed by atoms with Crippen molar-refractivity contribution in [2.24, 2.45) is 0 Å². The maximum absolute atomic E-state index is 12.4. The normalized spacial score (nSPS) is 17.2. The molecule has 102 valence electrons. The van der Waals surface area contributed by atoms with E-state index in [0.717, 1.165) is 16.7 Å². The van der Waals surface area contributed by atoms with E-state index in [2.05, 4.69) is 11.9 Å². The Morgan fingerprint density at radius 2 is 2.05 bits per heavy atom. The first-order chi connectivity index (χ1) is 9.70. The first-order valence-electron chi connectivity index (χ1n) is 6.59. The van der Waals surface area contributed by atoms with E-state index < -0.39 is 0 Å². The van der Waals surface area contributed by atoms with Crippen molar-refractivity contribution >= 4 is 5.91 Å². The predicted molar refractivity (Wildman–Crippen MR) is 75.5 cm³/mol. The van der Waals surface area contributed by atoms with Crippen LogP contribution in [0.5, 0.6) is 5.88 Å². The molecule has 1 atom stereocenters. The van der Waals surface area contributed by atoms with Gasteiger partial charge in [-0.25, -0.2) is 4.98 Å². The zero-order chi connectivity index (χ0) is 14.1. The van der Waals surface area contributed by atoms with Crippen molar-refractivity contribution in [2.75, 3.05) is 7.11 Å². The number of hydrogen-bond donors (Lipinski definition) is 0. The first kappa shape index (κ1) is 12.7. The maximum Gasteiger partial charge on any atom is 0.255 e. The predicted octanol–water partition coefficient (Wildman–Crippen LogP) is 2.81. The van der Waals surface area contributed by atoms with Gasteiger partial charge in [-0.05, 0) is 24.1 Å². The molecule has 1 unspecified atom stereocenters. The Hall–Kier alpha value is -2.36. The van der Waals surface area contributed by atoms with Crippen molar-refractivity contribution in [3.8, 4) is 5.88 Å². The Labute approximate surface area is 118 Å². The van der Waals surface area contributed by atoms with Gasteiger partial charge in [0.25, 0.3) is 5.91 Å². The van der Waals surface area contributed by atoms with Gasteiger partial charge < -0.3 is 9.64 Å². The van der Waals surface area contributed by atoms with Crippen LogP contribution in [0.3, 0.4) is 0 Å². The number of pyridine rings is 1. The Bertz CT molecular complexity index is 637. The molecular weight excluding hydrogens is 252 g/mol. The summed E-state index contributed by atoms with van der Waals surface area (Å²) in [5, 5.41) is 0. The molecule has 0 bridgehead atoms. The minimum atomic E-state index is 0.0870. The van der Waals surface area contributed by atoms with Crippen LogP contribution in [0.15, 0.2) is 42.6 Å². The van der Waals surface area contributed by atoms with Crippen molar-refractivity contribution < 1.29 is 9.53 Å². The molecule has 20 heavy (non-hydrogen) atoms. The molecule has 4 heteroatoms. The van der Waals surface area contributed by atoms with Gasteiger partial charge in [-0.3, -0.25) is 4.79 Å². The van der Waals surface area contributed by atoms with Crippen molar-refractivity contribution in [3.63, 3.8) is 0 Å².